The second-order valence-corrected chi connectivity index (χ2v) is 7.87. The molecule has 2 unspecified atom stereocenters. The number of benzene rings is 2. The van der Waals surface area contributed by atoms with Crippen molar-refractivity contribution in [3.63, 3.8) is 0 Å². The monoisotopic (exact) mass is 332 g/mol. The Morgan fingerprint density at radius 2 is 1.80 bits per heavy atom. The molecule has 2 bridgehead atoms. The molecule has 0 amide bonds. The highest BCUT2D eigenvalue weighted by Gasteiger charge is 2.41. The lowest BCUT2D eigenvalue weighted by Crippen LogP contribution is -2.57. The molecule has 0 aliphatic carbocycles. The van der Waals surface area contributed by atoms with Crippen LogP contribution in [0.3, 0.4) is 0 Å². The van der Waals surface area contributed by atoms with Crippen LogP contribution in [0.5, 0.6) is 0 Å². The van der Waals surface area contributed by atoms with Gasteiger partial charge in [0.2, 0.25) is 0 Å². The van der Waals surface area contributed by atoms with Gasteiger partial charge in [-0.05, 0) is 41.8 Å². The lowest BCUT2D eigenvalue weighted by atomic mass is 9.70. The number of likely N-dealkylation sites (tertiary alicyclic amines) is 1. The fourth-order valence-corrected chi connectivity index (χ4v) is 4.64. The van der Waals surface area contributed by atoms with Gasteiger partial charge in [-0.3, -0.25) is 4.90 Å². The van der Waals surface area contributed by atoms with Crippen LogP contribution >= 0.6 is 0 Å². The molecule has 2 aliphatic heterocycles. The third kappa shape index (κ3) is 4.20. The lowest BCUT2D eigenvalue weighted by molar-refractivity contribution is 0.0188. The molecule has 2 aromatic carbocycles. The van der Waals surface area contributed by atoms with Crippen LogP contribution in [0, 0.1) is 11.3 Å². The van der Waals surface area contributed by atoms with E-state index in [4.69, 9.17) is 0 Å². The molecule has 1 N–H and O–H groups in total. The van der Waals surface area contributed by atoms with Crippen LogP contribution in [0.15, 0.2) is 66.7 Å². The maximum atomic E-state index is 3.70. The Bertz CT molecular complexity index is 695. The second-order valence-electron chi connectivity index (χ2n) is 7.87. The molecule has 0 aromatic heterocycles. The molecular weight excluding hydrogens is 304 g/mol. The minimum atomic E-state index is 0.390. The fourth-order valence-electron chi connectivity index (χ4n) is 4.64. The zero-order chi connectivity index (χ0) is 17.0. The number of nitrogens with zero attached hydrogens (tertiary/aromatic N) is 1. The number of allylic oxidation sites excluding steroid dienone is 1. The number of rotatable bonds is 5. The molecule has 2 atom stereocenters. The summed E-state index contributed by atoms with van der Waals surface area (Å²) in [7, 11) is 0. The van der Waals surface area contributed by atoms with Crippen molar-refractivity contribution in [1.29, 1.82) is 0 Å². The van der Waals surface area contributed by atoms with Gasteiger partial charge in [0.25, 0.3) is 0 Å². The average Bonchev–Trinajstić information content (AvgIpc) is 2.63. The van der Waals surface area contributed by atoms with Gasteiger partial charge in [0.1, 0.15) is 0 Å². The number of fused-ring (bicyclic) bond motifs is 2. The largest absolute Gasteiger partial charge is 0.316 e. The number of nitrogens with one attached hydrogen (secondary N) is 1. The summed E-state index contributed by atoms with van der Waals surface area (Å²) < 4.78 is 0. The fraction of sp³-hybridized carbons (Fsp3) is 0.391. The average molecular weight is 332 g/mol. The molecule has 0 spiro atoms. The van der Waals surface area contributed by atoms with Gasteiger partial charge in [-0.2, -0.15) is 0 Å². The van der Waals surface area contributed by atoms with E-state index in [-0.39, 0.29) is 0 Å². The predicted octanol–water partition coefficient (Wildman–Crippen LogP) is 4.20. The maximum absolute atomic E-state index is 3.70. The first-order valence-electron chi connectivity index (χ1n) is 9.50. The van der Waals surface area contributed by atoms with Crippen molar-refractivity contribution in [3.8, 4) is 0 Å². The number of piperidine rings is 2. The van der Waals surface area contributed by atoms with E-state index in [1.807, 2.05) is 0 Å². The van der Waals surface area contributed by atoms with E-state index in [0.29, 0.717) is 5.41 Å². The summed E-state index contributed by atoms with van der Waals surface area (Å²) in [6.45, 7) is 5.83. The molecule has 2 heterocycles. The zero-order valence-corrected chi connectivity index (χ0v) is 14.9. The Balaban J connectivity index is 1.44. The van der Waals surface area contributed by atoms with E-state index >= 15 is 0 Å². The second kappa shape index (κ2) is 7.55. The van der Waals surface area contributed by atoms with Gasteiger partial charge < -0.3 is 5.32 Å². The van der Waals surface area contributed by atoms with Crippen LogP contribution in [0.4, 0.5) is 0 Å². The molecule has 130 valence electrons. The summed E-state index contributed by atoms with van der Waals surface area (Å²) in [4.78, 5) is 2.68. The molecule has 2 aromatic rings. The molecule has 2 heteroatoms. The SMILES string of the molecule is C(=Cc1ccccc1)CC12CNCC(CN(Cc3ccccc3)C1)C2. The van der Waals surface area contributed by atoms with E-state index < -0.39 is 0 Å². The molecular formula is C23H28N2. The first-order valence-corrected chi connectivity index (χ1v) is 9.50. The van der Waals surface area contributed by atoms with Crippen LogP contribution < -0.4 is 5.32 Å². The molecule has 2 aliphatic rings. The van der Waals surface area contributed by atoms with Gasteiger partial charge in [-0.1, -0.05) is 72.8 Å². The smallest absolute Gasteiger partial charge is 0.0234 e. The van der Waals surface area contributed by atoms with Gasteiger partial charge in [0, 0.05) is 26.2 Å². The summed E-state index contributed by atoms with van der Waals surface area (Å²) in [6.07, 6.45) is 7.21. The van der Waals surface area contributed by atoms with Crippen LogP contribution in [-0.4, -0.2) is 31.1 Å². The molecule has 2 nitrogen and oxygen atoms in total. The Kier molecular flexibility index (Phi) is 5.00. The van der Waals surface area contributed by atoms with E-state index in [1.54, 1.807) is 0 Å². The zero-order valence-electron chi connectivity index (χ0n) is 14.9. The Morgan fingerprint density at radius 3 is 2.60 bits per heavy atom. The molecule has 2 fully saturated rings. The van der Waals surface area contributed by atoms with Crippen molar-refractivity contribution in [2.75, 3.05) is 26.2 Å². The van der Waals surface area contributed by atoms with Crippen LogP contribution in [-0.2, 0) is 6.54 Å². The normalized spacial score (nSPS) is 26.8. The van der Waals surface area contributed by atoms with Crippen LogP contribution in [0.25, 0.3) is 6.08 Å². The molecule has 2 saturated heterocycles. The summed E-state index contributed by atoms with van der Waals surface area (Å²) in [6, 6.07) is 21.6. The van der Waals surface area contributed by atoms with E-state index in [2.05, 4.69) is 83.0 Å². The first kappa shape index (κ1) is 16.6. The molecule has 0 saturated carbocycles. The molecule has 25 heavy (non-hydrogen) atoms. The first-order chi connectivity index (χ1) is 12.3. The van der Waals surface area contributed by atoms with Crippen LogP contribution in [0.1, 0.15) is 24.0 Å². The van der Waals surface area contributed by atoms with Gasteiger partial charge in [0.15, 0.2) is 0 Å². The Labute approximate surface area is 151 Å². The van der Waals surface area contributed by atoms with Gasteiger partial charge in [0.05, 0.1) is 0 Å². The van der Waals surface area contributed by atoms with Crippen molar-refractivity contribution in [2.45, 2.75) is 19.4 Å². The van der Waals surface area contributed by atoms with Crippen LogP contribution in [0.2, 0.25) is 0 Å². The topological polar surface area (TPSA) is 15.3 Å². The lowest BCUT2D eigenvalue weighted by Gasteiger charge is -2.50. The minimum absolute atomic E-state index is 0.390. The quantitative estimate of drug-likeness (QED) is 0.883. The van der Waals surface area contributed by atoms with Gasteiger partial charge >= 0.3 is 0 Å². The minimum Gasteiger partial charge on any atom is -0.316 e. The van der Waals surface area contributed by atoms with Gasteiger partial charge in [-0.15, -0.1) is 0 Å². The van der Waals surface area contributed by atoms with Crippen molar-refractivity contribution >= 4 is 6.08 Å². The van der Waals surface area contributed by atoms with E-state index in [1.165, 1.54) is 37.2 Å². The van der Waals surface area contributed by atoms with Crippen molar-refractivity contribution in [2.24, 2.45) is 11.3 Å². The Morgan fingerprint density at radius 1 is 1.04 bits per heavy atom. The highest BCUT2D eigenvalue weighted by Crippen LogP contribution is 2.39. The number of hydrogen-bond acceptors (Lipinski definition) is 2. The summed E-state index contributed by atoms with van der Waals surface area (Å²) in [5.41, 5.74) is 3.13. The van der Waals surface area contributed by atoms with Crippen molar-refractivity contribution < 1.29 is 0 Å². The van der Waals surface area contributed by atoms with E-state index in [0.717, 1.165) is 25.4 Å². The standard InChI is InChI=1S/C23H28N2/c1-3-8-20(9-4-1)12-7-13-23-14-22(15-24-18-23)17-25(19-23)16-21-10-5-2-6-11-21/h1-12,22,24H,13-19H2. The van der Waals surface area contributed by atoms with Gasteiger partial charge in [-0.25, -0.2) is 0 Å². The third-order valence-corrected chi connectivity index (χ3v) is 5.64. The summed E-state index contributed by atoms with van der Waals surface area (Å²) >= 11 is 0. The molecule has 0 radical (unpaired) electrons. The van der Waals surface area contributed by atoms with E-state index in [9.17, 15) is 0 Å². The highest BCUT2D eigenvalue weighted by atomic mass is 15.2. The maximum Gasteiger partial charge on any atom is 0.0234 e. The third-order valence-electron chi connectivity index (χ3n) is 5.64. The Hall–Kier alpha value is -1.90. The van der Waals surface area contributed by atoms with Crippen molar-refractivity contribution in [3.05, 3.63) is 77.9 Å². The summed E-state index contributed by atoms with van der Waals surface area (Å²) in [5, 5.41) is 3.70. The van der Waals surface area contributed by atoms with Crippen molar-refractivity contribution in [1.82, 2.24) is 10.2 Å². The predicted molar refractivity (Wildman–Crippen MR) is 105 cm³/mol. The summed E-state index contributed by atoms with van der Waals surface area (Å²) in [5.74, 6) is 0.788. The highest BCUT2D eigenvalue weighted by molar-refractivity contribution is 5.48. The molecule has 4 rings (SSSR count). The number of hydrogen-bond donors (Lipinski definition) is 1.